The molecule has 8 nitrogen and oxygen atoms in total. The van der Waals surface area contributed by atoms with E-state index in [1.165, 1.54) is 289 Å². The van der Waals surface area contributed by atoms with Crippen LogP contribution in [-0.4, -0.2) is 75.6 Å². The quantitative estimate of drug-likeness (QED) is 0.0281. The molecule has 0 saturated heterocycles. The minimum atomic E-state index is -4.28. The van der Waals surface area contributed by atoms with Crippen LogP contribution in [0.4, 0.5) is 0 Å². The lowest BCUT2D eigenvalue weighted by molar-refractivity contribution is -0.870. The van der Waals surface area contributed by atoms with E-state index in [2.05, 4.69) is 13.8 Å². The SMILES string of the molecule is CCCCCCCCCCCCCCCCCCCCCCCCCCCOCC(COP(=O)(O)OCC[N+](C)(C)C)OC(=O)CCCCCCCCCCCCCCCCCCCCCCCCCCC. The van der Waals surface area contributed by atoms with Crippen molar-refractivity contribution in [3.05, 3.63) is 0 Å². The lowest BCUT2D eigenvalue weighted by Crippen LogP contribution is -2.37. The average molecular weight is 1040 g/mol. The van der Waals surface area contributed by atoms with E-state index in [0.717, 1.165) is 32.1 Å². The summed E-state index contributed by atoms with van der Waals surface area (Å²) < 4.78 is 35.4. The van der Waals surface area contributed by atoms with Gasteiger partial charge in [-0.15, -0.1) is 0 Å². The van der Waals surface area contributed by atoms with Gasteiger partial charge in [0.1, 0.15) is 19.3 Å². The van der Waals surface area contributed by atoms with Gasteiger partial charge in [-0.05, 0) is 12.8 Å². The summed E-state index contributed by atoms with van der Waals surface area (Å²) in [6, 6.07) is 0. The number of phosphoric acid groups is 1. The van der Waals surface area contributed by atoms with Crippen molar-refractivity contribution >= 4 is 13.8 Å². The first-order chi connectivity index (χ1) is 35.1. The number of rotatable bonds is 62. The number of quaternary nitrogens is 1. The van der Waals surface area contributed by atoms with Crippen molar-refractivity contribution in [2.75, 3.05) is 54.1 Å². The molecule has 0 heterocycles. The summed E-state index contributed by atoms with van der Waals surface area (Å²) in [4.78, 5) is 23.1. The number of hydrogen-bond acceptors (Lipinski definition) is 6. The Balaban J connectivity index is 3.94. The van der Waals surface area contributed by atoms with Crippen LogP contribution < -0.4 is 0 Å². The number of nitrogens with zero attached hydrogens (tertiary/aromatic N) is 1. The summed E-state index contributed by atoms with van der Waals surface area (Å²) in [5.41, 5.74) is 0. The van der Waals surface area contributed by atoms with E-state index in [0.29, 0.717) is 24.1 Å². The first-order valence-corrected chi connectivity index (χ1v) is 33.8. The first-order valence-electron chi connectivity index (χ1n) is 32.3. The molecule has 0 rings (SSSR count). The molecule has 0 aromatic carbocycles. The molecule has 0 bridgehead atoms. The zero-order chi connectivity index (χ0) is 52.6. The minimum absolute atomic E-state index is 0.0947. The van der Waals surface area contributed by atoms with Crippen molar-refractivity contribution in [2.24, 2.45) is 0 Å². The summed E-state index contributed by atoms with van der Waals surface area (Å²) >= 11 is 0. The van der Waals surface area contributed by atoms with Crippen molar-refractivity contribution in [1.29, 1.82) is 0 Å². The fourth-order valence-corrected chi connectivity index (χ4v) is 10.7. The van der Waals surface area contributed by atoms with Crippen LogP contribution in [0, 0.1) is 0 Å². The predicted octanol–water partition coefficient (Wildman–Crippen LogP) is 20.7. The number of ether oxygens (including phenoxy) is 2. The van der Waals surface area contributed by atoms with Crippen molar-refractivity contribution < 1.29 is 37.3 Å². The molecule has 0 amide bonds. The van der Waals surface area contributed by atoms with Gasteiger partial charge in [-0.2, -0.15) is 0 Å². The van der Waals surface area contributed by atoms with E-state index in [1.54, 1.807) is 0 Å². The van der Waals surface area contributed by atoms with E-state index < -0.39 is 13.9 Å². The highest BCUT2D eigenvalue weighted by Crippen LogP contribution is 2.43. The van der Waals surface area contributed by atoms with Gasteiger partial charge in [-0.3, -0.25) is 13.8 Å². The van der Waals surface area contributed by atoms with E-state index >= 15 is 0 Å². The van der Waals surface area contributed by atoms with Gasteiger partial charge < -0.3 is 18.9 Å². The molecule has 2 unspecified atom stereocenters. The van der Waals surface area contributed by atoms with Gasteiger partial charge in [0.2, 0.25) is 0 Å². The van der Waals surface area contributed by atoms with E-state index in [-0.39, 0.29) is 25.8 Å². The number of phosphoric ester groups is 1. The molecule has 9 heteroatoms. The number of likely N-dealkylation sites (N-methyl/N-ethyl adjacent to an activating group) is 1. The predicted molar refractivity (Wildman–Crippen MR) is 312 cm³/mol. The van der Waals surface area contributed by atoms with Gasteiger partial charge >= 0.3 is 13.8 Å². The molecule has 0 saturated carbocycles. The molecular weight excluding hydrogens is 914 g/mol. The number of unbranched alkanes of at least 4 members (excludes halogenated alkanes) is 48. The number of esters is 1. The maximum absolute atomic E-state index is 12.8. The van der Waals surface area contributed by atoms with E-state index in [4.69, 9.17) is 18.5 Å². The van der Waals surface area contributed by atoms with E-state index in [1.807, 2.05) is 21.1 Å². The number of hydrogen-bond donors (Lipinski definition) is 1. The van der Waals surface area contributed by atoms with Crippen LogP contribution in [0.3, 0.4) is 0 Å². The van der Waals surface area contributed by atoms with Gasteiger partial charge in [0, 0.05) is 13.0 Å². The second-order valence-electron chi connectivity index (χ2n) is 23.5. The highest BCUT2D eigenvalue weighted by molar-refractivity contribution is 7.47. The molecule has 0 spiro atoms. The second kappa shape index (κ2) is 56.7. The number of carbonyl (C=O) groups excluding carboxylic acids is 1. The topological polar surface area (TPSA) is 91.3 Å². The molecule has 0 fully saturated rings. The Bertz CT molecular complexity index is 1120. The molecule has 432 valence electrons. The lowest BCUT2D eigenvalue weighted by atomic mass is 10.0. The molecule has 0 radical (unpaired) electrons. The Labute approximate surface area is 450 Å². The maximum Gasteiger partial charge on any atom is 0.472 e. The third kappa shape index (κ3) is 60.4. The van der Waals surface area contributed by atoms with Crippen molar-refractivity contribution in [2.45, 2.75) is 347 Å². The van der Waals surface area contributed by atoms with E-state index in [9.17, 15) is 14.3 Å². The Morgan fingerprint density at radius 1 is 0.375 bits per heavy atom. The Morgan fingerprint density at radius 3 is 0.917 bits per heavy atom. The summed E-state index contributed by atoms with van der Waals surface area (Å²) in [7, 11) is 1.70. The van der Waals surface area contributed by atoms with Gasteiger partial charge in [0.15, 0.2) is 0 Å². The summed E-state index contributed by atoms with van der Waals surface area (Å²) in [5, 5.41) is 0. The van der Waals surface area contributed by atoms with Crippen LogP contribution in [0.15, 0.2) is 0 Å². The van der Waals surface area contributed by atoms with Crippen LogP contribution in [0.1, 0.15) is 341 Å². The molecule has 72 heavy (non-hydrogen) atoms. The molecule has 0 aliphatic rings. The van der Waals surface area contributed by atoms with Crippen molar-refractivity contribution in [1.82, 2.24) is 0 Å². The lowest BCUT2D eigenvalue weighted by Gasteiger charge is -2.24. The Kier molecular flexibility index (Phi) is 56.3. The first kappa shape index (κ1) is 71.5. The van der Waals surface area contributed by atoms with Crippen molar-refractivity contribution in [3.63, 3.8) is 0 Å². The Morgan fingerprint density at radius 2 is 0.639 bits per heavy atom. The molecule has 0 aliphatic carbocycles. The maximum atomic E-state index is 12.8. The van der Waals surface area contributed by atoms with Crippen LogP contribution >= 0.6 is 7.82 Å². The largest absolute Gasteiger partial charge is 0.472 e. The van der Waals surface area contributed by atoms with Gasteiger partial charge in [0.25, 0.3) is 0 Å². The molecule has 2 atom stereocenters. The van der Waals surface area contributed by atoms with Gasteiger partial charge in [0.05, 0.1) is 34.4 Å². The molecule has 0 aromatic heterocycles. The zero-order valence-electron chi connectivity index (χ0n) is 49.5. The Hall–Kier alpha value is -0.500. The second-order valence-corrected chi connectivity index (χ2v) is 25.0. The molecular formula is C63H129NO7P+. The highest BCUT2D eigenvalue weighted by atomic mass is 31.2. The van der Waals surface area contributed by atoms with Crippen LogP contribution in [0.2, 0.25) is 0 Å². The zero-order valence-corrected chi connectivity index (χ0v) is 50.4. The monoisotopic (exact) mass is 1040 g/mol. The van der Waals surface area contributed by atoms with Gasteiger partial charge in [-0.25, -0.2) is 4.57 Å². The summed E-state index contributed by atoms with van der Waals surface area (Å²) in [6.45, 7) is 5.73. The normalized spacial score (nSPS) is 13.2. The van der Waals surface area contributed by atoms with Crippen LogP contribution in [0.5, 0.6) is 0 Å². The van der Waals surface area contributed by atoms with Crippen LogP contribution in [0.25, 0.3) is 0 Å². The standard InChI is InChI=1S/C63H128NO7P/c1-6-8-10-12-14-16-18-20-22-24-26-28-30-32-34-36-38-40-42-44-46-48-50-52-54-56-63(65)71-62(61-70-72(66,67)69-59-57-64(3,4)5)60-68-58-55-53-51-49-47-45-43-41-39-37-35-33-31-29-27-25-23-21-19-17-15-13-11-9-7-2/h62H,6-61H2,1-5H3/p+1. The van der Waals surface area contributed by atoms with Crippen molar-refractivity contribution in [3.8, 4) is 0 Å². The summed E-state index contributed by atoms with van der Waals surface area (Å²) in [6.07, 6.45) is 67.7. The van der Waals surface area contributed by atoms with Crippen LogP contribution in [-0.2, 0) is 27.9 Å². The third-order valence-electron chi connectivity index (χ3n) is 14.9. The molecule has 0 aromatic rings. The fourth-order valence-electron chi connectivity index (χ4n) is 9.97. The van der Waals surface area contributed by atoms with Gasteiger partial charge in [-0.1, -0.05) is 322 Å². The minimum Gasteiger partial charge on any atom is -0.457 e. The smallest absolute Gasteiger partial charge is 0.457 e. The molecule has 1 N–H and O–H groups in total. The molecule has 0 aliphatic heterocycles. The number of carbonyl (C=O) groups is 1. The third-order valence-corrected chi connectivity index (χ3v) is 15.9. The summed E-state index contributed by atoms with van der Waals surface area (Å²) in [5.74, 6) is -0.301. The fraction of sp³-hybridized carbons (Fsp3) is 0.984. The highest BCUT2D eigenvalue weighted by Gasteiger charge is 2.26. The average Bonchev–Trinajstić information content (AvgIpc) is 3.34.